The summed E-state index contributed by atoms with van der Waals surface area (Å²) in [5, 5.41) is 0. The Kier molecular flexibility index (Phi) is 10.1. The quantitative estimate of drug-likeness (QED) is 0.158. The smallest absolute Gasteiger partial charge is 0.0689 e. The Bertz CT molecular complexity index is 2630. The maximum absolute atomic E-state index is 4.01. The first kappa shape index (κ1) is 40.5. The molecule has 0 aliphatic heterocycles. The third-order valence-electron chi connectivity index (χ3n) is 12.1. The number of hydrogen-bond acceptors (Lipinski definition) is 2. The molecule has 0 amide bonds. The van der Waals surface area contributed by atoms with Gasteiger partial charge in [-0.2, -0.15) is 0 Å². The average molecular weight is 841 g/mol. The zero-order valence-electron chi connectivity index (χ0n) is 36.7. The second kappa shape index (κ2) is 14.7. The first-order valence-electron chi connectivity index (χ1n) is 21.0. The van der Waals surface area contributed by atoms with Crippen molar-refractivity contribution >= 4 is 50.1 Å². The third-order valence-corrected chi connectivity index (χ3v) is 12.8. The summed E-state index contributed by atoms with van der Waals surface area (Å²) in [5.41, 5.74) is 16.7. The zero-order valence-corrected chi connectivity index (χ0v) is 38.2. The topological polar surface area (TPSA) is 11.4 Å². The second-order valence-electron chi connectivity index (χ2n) is 19.8. The monoisotopic (exact) mass is 839 g/mol. The van der Waals surface area contributed by atoms with E-state index >= 15 is 0 Å². The highest BCUT2D eigenvalue weighted by Gasteiger charge is 2.42. The summed E-state index contributed by atoms with van der Waals surface area (Å²) in [6, 6.07) is 54.0. The van der Waals surface area contributed by atoms with Crippen LogP contribution in [0, 0.1) is 0 Å². The molecule has 300 valence electrons. The number of anilines is 6. The number of fused-ring (bicyclic) bond motifs is 3. The molecule has 0 saturated carbocycles. The largest absolute Gasteiger partial charge is 0.314 e. The van der Waals surface area contributed by atoms with Gasteiger partial charge in [-0.1, -0.05) is 155 Å². The highest BCUT2D eigenvalue weighted by molar-refractivity contribution is 9.10. The Morgan fingerprint density at radius 1 is 0.475 bits per heavy atom. The van der Waals surface area contributed by atoms with Gasteiger partial charge in [0.15, 0.2) is 0 Å². The van der Waals surface area contributed by atoms with Crippen LogP contribution >= 0.6 is 15.9 Å². The maximum atomic E-state index is 4.01. The van der Waals surface area contributed by atoms with E-state index in [9.17, 15) is 0 Å². The molecule has 1 aromatic heterocycles. The van der Waals surface area contributed by atoms with Crippen molar-refractivity contribution in [1.29, 1.82) is 0 Å². The molecule has 0 fully saturated rings. The fourth-order valence-electron chi connectivity index (χ4n) is 8.70. The molecule has 0 unspecified atom stereocenters. The predicted molar refractivity (Wildman–Crippen MR) is 256 cm³/mol. The van der Waals surface area contributed by atoms with Crippen LogP contribution < -0.4 is 9.80 Å². The summed E-state index contributed by atoms with van der Waals surface area (Å²) in [7, 11) is 0. The van der Waals surface area contributed by atoms with Crippen molar-refractivity contribution in [2.75, 3.05) is 9.80 Å². The van der Waals surface area contributed by atoms with Gasteiger partial charge in [0.2, 0.25) is 0 Å². The van der Waals surface area contributed by atoms with Gasteiger partial charge in [-0.25, -0.2) is 0 Å². The number of para-hydroxylation sites is 1. The molecule has 8 rings (SSSR count). The maximum Gasteiger partial charge on any atom is 0.0689 e. The SMILES string of the molecule is CC(C)(C)c1ccc(N(c2cccc(N(c3ccc(C(C)(C)C)cc3)c3cn(-c4ccccc4)c4c3C(C)(C)c3ccccc3-4)c2)c2cc(C(C)(C)C)ccc2Br)cc1. The number of aromatic nitrogens is 1. The average Bonchev–Trinajstić information content (AvgIpc) is 3.70. The minimum absolute atomic E-state index is 0.0221. The number of rotatable bonds is 7. The summed E-state index contributed by atoms with van der Waals surface area (Å²) < 4.78 is 3.46. The van der Waals surface area contributed by atoms with Gasteiger partial charge in [-0.05, 0) is 121 Å². The lowest BCUT2D eigenvalue weighted by Gasteiger charge is -2.33. The molecule has 1 aliphatic rings. The molecule has 6 aromatic carbocycles. The predicted octanol–water partition coefficient (Wildman–Crippen LogP) is 16.4. The van der Waals surface area contributed by atoms with Gasteiger partial charge in [0.25, 0.3) is 0 Å². The Labute approximate surface area is 361 Å². The van der Waals surface area contributed by atoms with Crippen LogP contribution in [0.15, 0.2) is 156 Å². The molecule has 0 spiro atoms. The number of hydrogen-bond donors (Lipinski definition) is 0. The van der Waals surface area contributed by atoms with Crippen LogP contribution in [0.5, 0.6) is 0 Å². The molecule has 4 heteroatoms. The second-order valence-corrected chi connectivity index (χ2v) is 20.7. The molecule has 0 N–H and O–H groups in total. The summed E-state index contributed by atoms with van der Waals surface area (Å²) >= 11 is 4.01. The van der Waals surface area contributed by atoms with Crippen molar-refractivity contribution in [2.45, 2.75) is 97.8 Å². The lowest BCUT2D eigenvalue weighted by molar-refractivity contribution is 0.589. The highest BCUT2D eigenvalue weighted by atomic mass is 79.9. The molecule has 0 saturated heterocycles. The first-order valence-corrected chi connectivity index (χ1v) is 21.8. The summed E-state index contributed by atoms with van der Waals surface area (Å²) in [4.78, 5) is 4.90. The molecule has 0 bridgehead atoms. The van der Waals surface area contributed by atoms with Crippen molar-refractivity contribution in [2.24, 2.45) is 0 Å². The van der Waals surface area contributed by atoms with E-state index in [1.807, 2.05) is 0 Å². The molecular weight excluding hydrogens is 783 g/mol. The van der Waals surface area contributed by atoms with Gasteiger partial charge >= 0.3 is 0 Å². The standard InChI is InChI=1S/C55H58BrN3/c1-52(2,3)37-24-29-41(30-25-37)58(48-34-39(54(7,8)9)28-33-47(48)56)43-20-17-21-44(35-43)59(42-31-26-38(27-32-42)53(4,5)6)49-36-57(40-18-13-12-14-19-40)51-45-22-15-16-23-46(45)55(10,11)50(49)51/h12-36H,1-11H3. The zero-order chi connectivity index (χ0) is 42.1. The molecule has 1 heterocycles. The highest BCUT2D eigenvalue weighted by Crippen LogP contribution is 2.56. The van der Waals surface area contributed by atoms with Crippen LogP contribution in [-0.2, 0) is 21.7 Å². The lowest BCUT2D eigenvalue weighted by Crippen LogP contribution is -2.20. The van der Waals surface area contributed by atoms with Gasteiger partial charge in [-0.15, -0.1) is 0 Å². The van der Waals surface area contributed by atoms with Crippen molar-refractivity contribution in [3.8, 4) is 16.9 Å². The van der Waals surface area contributed by atoms with E-state index in [4.69, 9.17) is 0 Å². The third kappa shape index (κ3) is 7.46. The minimum Gasteiger partial charge on any atom is -0.314 e. The number of nitrogens with zero attached hydrogens (tertiary/aromatic N) is 3. The Balaban J connectivity index is 1.39. The van der Waals surface area contributed by atoms with Crippen LogP contribution in [0.2, 0.25) is 0 Å². The fourth-order valence-corrected chi connectivity index (χ4v) is 9.13. The Morgan fingerprint density at radius 2 is 0.966 bits per heavy atom. The van der Waals surface area contributed by atoms with E-state index < -0.39 is 0 Å². The fraction of sp³-hybridized carbons (Fsp3) is 0.273. The van der Waals surface area contributed by atoms with Crippen LogP contribution in [0.1, 0.15) is 104 Å². The van der Waals surface area contributed by atoms with E-state index in [0.29, 0.717) is 0 Å². The molecule has 59 heavy (non-hydrogen) atoms. The van der Waals surface area contributed by atoms with Gasteiger partial charge in [0, 0.05) is 55.6 Å². The molecule has 0 atom stereocenters. The summed E-state index contributed by atoms with van der Waals surface area (Å²) in [6.07, 6.45) is 2.37. The van der Waals surface area contributed by atoms with Crippen molar-refractivity contribution in [3.63, 3.8) is 0 Å². The van der Waals surface area contributed by atoms with E-state index in [2.05, 4.69) is 258 Å². The number of benzene rings is 6. The van der Waals surface area contributed by atoms with E-state index in [-0.39, 0.29) is 21.7 Å². The van der Waals surface area contributed by atoms with E-state index in [1.54, 1.807) is 0 Å². The van der Waals surface area contributed by atoms with Crippen LogP contribution in [0.25, 0.3) is 16.9 Å². The Morgan fingerprint density at radius 3 is 1.51 bits per heavy atom. The van der Waals surface area contributed by atoms with Crippen LogP contribution in [-0.4, -0.2) is 4.57 Å². The van der Waals surface area contributed by atoms with Gasteiger partial charge in [0.05, 0.1) is 17.1 Å². The summed E-state index contributed by atoms with van der Waals surface area (Å²) in [6.45, 7) is 25.3. The van der Waals surface area contributed by atoms with Crippen molar-refractivity contribution in [3.05, 3.63) is 184 Å². The van der Waals surface area contributed by atoms with Crippen LogP contribution in [0.4, 0.5) is 34.1 Å². The van der Waals surface area contributed by atoms with Gasteiger partial charge in [0.1, 0.15) is 0 Å². The molecular formula is C55H58BrN3. The summed E-state index contributed by atoms with van der Waals surface area (Å²) in [5.74, 6) is 0. The van der Waals surface area contributed by atoms with Gasteiger partial charge in [-0.3, -0.25) is 0 Å². The van der Waals surface area contributed by atoms with Crippen molar-refractivity contribution in [1.82, 2.24) is 4.57 Å². The molecule has 7 aromatic rings. The molecule has 0 radical (unpaired) electrons. The van der Waals surface area contributed by atoms with Crippen LogP contribution in [0.3, 0.4) is 0 Å². The van der Waals surface area contributed by atoms with E-state index in [1.165, 1.54) is 44.8 Å². The molecule has 3 nitrogen and oxygen atoms in total. The van der Waals surface area contributed by atoms with E-state index in [0.717, 1.165) is 38.6 Å². The van der Waals surface area contributed by atoms with Gasteiger partial charge < -0.3 is 14.4 Å². The normalized spacial score (nSPS) is 13.6. The van der Waals surface area contributed by atoms with Crippen molar-refractivity contribution < 1.29 is 0 Å². The molecule has 1 aliphatic carbocycles. The lowest BCUT2D eigenvalue weighted by atomic mass is 9.82. The number of halogens is 1. The Hall–Kier alpha value is -5.32. The first-order chi connectivity index (χ1) is 27.8. The minimum atomic E-state index is -0.248.